The third-order valence-corrected chi connectivity index (χ3v) is 3.10. The standard InChI is InChI=1S/C14H17NO3/c1-9-6-11-10(4-5-13(16)17)8-15(2)14(11)12(7-9)18-3/h6-8H,4-5H2,1-3H3,(H,16,17). The van der Waals surface area contributed by atoms with Gasteiger partial charge in [0, 0.05) is 25.1 Å². The Balaban J connectivity index is 2.55. The molecule has 18 heavy (non-hydrogen) atoms. The van der Waals surface area contributed by atoms with Gasteiger partial charge in [0.15, 0.2) is 0 Å². The Morgan fingerprint density at radius 1 is 1.44 bits per heavy atom. The Labute approximate surface area is 106 Å². The molecule has 1 aromatic carbocycles. The van der Waals surface area contributed by atoms with Crippen molar-refractivity contribution in [1.82, 2.24) is 4.57 Å². The number of nitrogens with zero attached hydrogens (tertiary/aromatic N) is 1. The van der Waals surface area contributed by atoms with E-state index < -0.39 is 5.97 Å². The first kappa shape index (κ1) is 12.5. The molecular formula is C14H17NO3. The number of ether oxygens (including phenoxy) is 1. The number of aromatic nitrogens is 1. The first-order chi connectivity index (χ1) is 8.52. The van der Waals surface area contributed by atoms with Gasteiger partial charge in [0.2, 0.25) is 0 Å². The number of benzene rings is 1. The number of carboxylic acids is 1. The molecule has 96 valence electrons. The number of carbonyl (C=O) groups is 1. The van der Waals surface area contributed by atoms with Gasteiger partial charge in [-0.25, -0.2) is 0 Å². The van der Waals surface area contributed by atoms with Gasteiger partial charge >= 0.3 is 5.97 Å². The second kappa shape index (κ2) is 4.72. The topological polar surface area (TPSA) is 51.5 Å². The van der Waals surface area contributed by atoms with Gasteiger partial charge in [0.1, 0.15) is 5.75 Å². The molecule has 4 nitrogen and oxygen atoms in total. The minimum atomic E-state index is -0.772. The smallest absolute Gasteiger partial charge is 0.303 e. The zero-order valence-corrected chi connectivity index (χ0v) is 10.9. The van der Waals surface area contributed by atoms with Crippen molar-refractivity contribution in [2.45, 2.75) is 19.8 Å². The molecule has 0 spiro atoms. The monoisotopic (exact) mass is 247 g/mol. The summed E-state index contributed by atoms with van der Waals surface area (Å²) in [6.45, 7) is 2.01. The fourth-order valence-corrected chi connectivity index (χ4v) is 2.32. The lowest BCUT2D eigenvalue weighted by atomic mass is 10.1. The van der Waals surface area contributed by atoms with Gasteiger partial charge in [0.05, 0.1) is 12.6 Å². The summed E-state index contributed by atoms with van der Waals surface area (Å²) in [5, 5.41) is 9.86. The van der Waals surface area contributed by atoms with Crippen molar-refractivity contribution in [2.75, 3.05) is 7.11 Å². The Hall–Kier alpha value is -1.97. The molecular weight excluding hydrogens is 230 g/mol. The third kappa shape index (κ3) is 2.18. The summed E-state index contributed by atoms with van der Waals surface area (Å²) in [5.41, 5.74) is 3.18. The number of aliphatic carboxylic acids is 1. The highest BCUT2D eigenvalue weighted by molar-refractivity contribution is 5.90. The van der Waals surface area contributed by atoms with Gasteiger partial charge in [-0.3, -0.25) is 4.79 Å². The highest BCUT2D eigenvalue weighted by Crippen LogP contribution is 2.31. The average Bonchev–Trinajstić information content (AvgIpc) is 2.62. The van der Waals surface area contributed by atoms with Crippen LogP contribution in [0.15, 0.2) is 18.3 Å². The van der Waals surface area contributed by atoms with E-state index in [0.717, 1.165) is 27.8 Å². The van der Waals surface area contributed by atoms with Crippen LogP contribution in [0, 0.1) is 6.92 Å². The van der Waals surface area contributed by atoms with E-state index in [9.17, 15) is 4.79 Å². The lowest BCUT2D eigenvalue weighted by Gasteiger charge is -2.06. The largest absolute Gasteiger partial charge is 0.495 e. The summed E-state index contributed by atoms with van der Waals surface area (Å²) < 4.78 is 7.38. The lowest BCUT2D eigenvalue weighted by Crippen LogP contribution is -1.96. The van der Waals surface area contributed by atoms with Gasteiger partial charge in [-0.1, -0.05) is 0 Å². The van der Waals surface area contributed by atoms with Crippen LogP contribution in [0.4, 0.5) is 0 Å². The molecule has 4 heteroatoms. The number of fused-ring (bicyclic) bond motifs is 1. The summed E-state index contributed by atoms with van der Waals surface area (Å²) in [7, 11) is 3.60. The Morgan fingerprint density at radius 3 is 2.78 bits per heavy atom. The predicted octanol–water partition coefficient (Wildman–Crippen LogP) is 2.51. The summed E-state index contributed by atoms with van der Waals surface area (Å²) in [4.78, 5) is 10.7. The van der Waals surface area contributed by atoms with Crippen molar-refractivity contribution >= 4 is 16.9 Å². The maximum atomic E-state index is 10.7. The second-order valence-corrected chi connectivity index (χ2v) is 4.52. The van der Waals surface area contributed by atoms with Crippen molar-refractivity contribution in [3.63, 3.8) is 0 Å². The van der Waals surface area contributed by atoms with Crippen molar-refractivity contribution in [3.8, 4) is 5.75 Å². The fraction of sp³-hybridized carbons (Fsp3) is 0.357. The molecule has 0 saturated carbocycles. The van der Waals surface area contributed by atoms with E-state index in [2.05, 4.69) is 6.07 Å². The summed E-state index contributed by atoms with van der Waals surface area (Å²) in [6, 6.07) is 4.07. The quantitative estimate of drug-likeness (QED) is 0.903. The first-order valence-electron chi connectivity index (χ1n) is 5.87. The van der Waals surface area contributed by atoms with Crippen molar-refractivity contribution in [2.24, 2.45) is 7.05 Å². The van der Waals surface area contributed by atoms with Crippen LogP contribution in [0.1, 0.15) is 17.5 Å². The molecule has 1 N–H and O–H groups in total. The molecule has 0 saturated heterocycles. The Morgan fingerprint density at radius 2 is 2.17 bits per heavy atom. The van der Waals surface area contributed by atoms with Gasteiger partial charge in [-0.2, -0.15) is 0 Å². The molecule has 0 aliphatic heterocycles. The van der Waals surface area contributed by atoms with Crippen molar-refractivity contribution in [3.05, 3.63) is 29.5 Å². The molecule has 0 unspecified atom stereocenters. The number of hydrogen-bond donors (Lipinski definition) is 1. The van der Waals surface area contributed by atoms with Crippen LogP contribution < -0.4 is 4.74 Å². The normalized spacial score (nSPS) is 10.8. The molecule has 0 fully saturated rings. The predicted molar refractivity (Wildman–Crippen MR) is 70.2 cm³/mol. The Kier molecular flexibility index (Phi) is 3.28. The molecule has 0 radical (unpaired) electrons. The van der Waals surface area contributed by atoms with E-state index in [0.29, 0.717) is 6.42 Å². The van der Waals surface area contributed by atoms with Crippen LogP contribution >= 0.6 is 0 Å². The highest BCUT2D eigenvalue weighted by Gasteiger charge is 2.12. The number of methoxy groups -OCH3 is 1. The minimum Gasteiger partial charge on any atom is -0.495 e. The van der Waals surface area contributed by atoms with E-state index >= 15 is 0 Å². The van der Waals surface area contributed by atoms with Gasteiger partial charge < -0.3 is 14.4 Å². The zero-order valence-electron chi connectivity index (χ0n) is 10.9. The van der Waals surface area contributed by atoms with Crippen LogP contribution in [0.5, 0.6) is 5.75 Å². The molecule has 2 aromatic rings. The van der Waals surface area contributed by atoms with Gasteiger partial charge in [-0.05, 0) is 36.6 Å². The summed E-state index contributed by atoms with van der Waals surface area (Å²) in [5.74, 6) is 0.0562. The van der Waals surface area contributed by atoms with E-state index in [1.54, 1.807) is 7.11 Å². The van der Waals surface area contributed by atoms with Gasteiger partial charge in [0.25, 0.3) is 0 Å². The third-order valence-electron chi connectivity index (χ3n) is 3.10. The zero-order chi connectivity index (χ0) is 13.3. The van der Waals surface area contributed by atoms with Crippen LogP contribution in [0.25, 0.3) is 10.9 Å². The number of hydrogen-bond acceptors (Lipinski definition) is 2. The lowest BCUT2D eigenvalue weighted by molar-refractivity contribution is -0.136. The average molecular weight is 247 g/mol. The minimum absolute atomic E-state index is 0.148. The van der Waals surface area contributed by atoms with Crippen LogP contribution in [-0.4, -0.2) is 22.8 Å². The Bertz CT molecular complexity index is 599. The molecule has 1 heterocycles. The van der Waals surface area contributed by atoms with Crippen LogP contribution in [0.2, 0.25) is 0 Å². The van der Waals surface area contributed by atoms with E-state index in [4.69, 9.17) is 9.84 Å². The number of rotatable bonds is 4. The van der Waals surface area contributed by atoms with Crippen molar-refractivity contribution in [1.29, 1.82) is 0 Å². The maximum absolute atomic E-state index is 10.7. The second-order valence-electron chi connectivity index (χ2n) is 4.52. The van der Waals surface area contributed by atoms with E-state index in [1.807, 2.05) is 30.8 Å². The maximum Gasteiger partial charge on any atom is 0.303 e. The number of carboxylic acid groups (broad SMARTS) is 1. The molecule has 0 atom stereocenters. The molecule has 0 bridgehead atoms. The molecule has 2 rings (SSSR count). The van der Waals surface area contributed by atoms with Crippen LogP contribution in [0.3, 0.4) is 0 Å². The number of aryl methyl sites for hydroxylation is 3. The van der Waals surface area contributed by atoms with Crippen molar-refractivity contribution < 1.29 is 14.6 Å². The van der Waals surface area contributed by atoms with Gasteiger partial charge in [-0.15, -0.1) is 0 Å². The summed E-state index contributed by atoms with van der Waals surface area (Å²) >= 11 is 0. The van der Waals surface area contributed by atoms with Crippen LogP contribution in [-0.2, 0) is 18.3 Å². The SMILES string of the molecule is COc1cc(C)cc2c(CCC(=O)O)cn(C)c12. The molecule has 0 aliphatic rings. The molecule has 0 amide bonds. The molecule has 1 aromatic heterocycles. The highest BCUT2D eigenvalue weighted by atomic mass is 16.5. The van der Waals surface area contributed by atoms with E-state index in [1.165, 1.54) is 0 Å². The molecule has 0 aliphatic carbocycles. The fourth-order valence-electron chi connectivity index (χ4n) is 2.32. The first-order valence-corrected chi connectivity index (χ1v) is 5.87. The summed E-state index contributed by atoms with van der Waals surface area (Å²) in [6.07, 6.45) is 2.67. The van der Waals surface area contributed by atoms with E-state index in [-0.39, 0.29) is 6.42 Å².